The van der Waals surface area contributed by atoms with Gasteiger partial charge in [0.1, 0.15) is 0 Å². The van der Waals surface area contributed by atoms with Crippen LogP contribution >= 0.6 is 0 Å². The molecule has 0 aromatic carbocycles. The van der Waals surface area contributed by atoms with Crippen LogP contribution in [0.25, 0.3) is 0 Å². The summed E-state index contributed by atoms with van der Waals surface area (Å²) in [4.78, 5) is 0. The highest BCUT2D eigenvalue weighted by Gasteiger charge is 2.07. The van der Waals surface area contributed by atoms with Crippen molar-refractivity contribution < 1.29 is 4.74 Å². The molecule has 0 bridgehead atoms. The molecule has 0 aliphatic rings. The monoisotopic (exact) mass is 160 g/mol. The average Bonchev–Trinajstić information content (AvgIpc) is 2.03. The van der Waals surface area contributed by atoms with Gasteiger partial charge in [-0.3, -0.25) is 0 Å². The Labute approximate surface area is 69.3 Å². The first kappa shape index (κ1) is 10.9. The zero-order chi connectivity index (χ0) is 8.69. The minimum absolute atomic E-state index is 0.384. The highest BCUT2D eigenvalue weighted by atomic mass is 16.5. The second-order valence-electron chi connectivity index (χ2n) is 2.86. The Kier molecular flexibility index (Phi) is 6.51. The Morgan fingerprint density at radius 1 is 1.55 bits per heavy atom. The average molecular weight is 160 g/mol. The highest BCUT2D eigenvalue weighted by Crippen LogP contribution is 1.92. The number of methoxy groups -OCH3 is 1. The van der Waals surface area contributed by atoms with Crippen molar-refractivity contribution >= 4 is 0 Å². The van der Waals surface area contributed by atoms with E-state index in [1.54, 1.807) is 7.11 Å². The molecule has 0 heterocycles. The fourth-order valence-corrected chi connectivity index (χ4v) is 0.955. The molecule has 0 aliphatic heterocycles. The predicted molar refractivity (Wildman–Crippen MR) is 47.6 cm³/mol. The number of nitrogens with two attached hydrogens (primary N) is 1. The number of ether oxygens (including phenoxy) is 1. The molecule has 68 valence electrons. The van der Waals surface area contributed by atoms with Gasteiger partial charge in [-0.05, 0) is 13.3 Å². The number of rotatable bonds is 6. The molecule has 0 saturated carbocycles. The summed E-state index contributed by atoms with van der Waals surface area (Å²) in [6.45, 7) is 5.67. The third-order valence-electron chi connectivity index (χ3n) is 1.73. The Morgan fingerprint density at radius 3 is 2.55 bits per heavy atom. The lowest BCUT2D eigenvalue weighted by molar-refractivity contribution is 0.160. The van der Waals surface area contributed by atoms with E-state index in [4.69, 9.17) is 10.5 Å². The second kappa shape index (κ2) is 6.58. The standard InChI is InChI=1S/C8H20N2O/c1-4-8(6-11-3)10-7(2)5-9/h7-8,10H,4-6,9H2,1-3H3. The van der Waals surface area contributed by atoms with E-state index in [2.05, 4.69) is 19.2 Å². The van der Waals surface area contributed by atoms with Gasteiger partial charge >= 0.3 is 0 Å². The minimum Gasteiger partial charge on any atom is -0.383 e. The van der Waals surface area contributed by atoms with Crippen LogP contribution < -0.4 is 11.1 Å². The maximum Gasteiger partial charge on any atom is 0.0615 e. The van der Waals surface area contributed by atoms with Crippen molar-refractivity contribution in [2.45, 2.75) is 32.4 Å². The van der Waals surface area contributed by atoms with Crippen molar-refractivity contribution in [3.05, 3.63) is 0 Å². The molecule has 2 atom stereocenters. The maximum atomic E-state index is 5.47. The molecule has 0 saturated heterocycles. The molecule has 3 nitrogen and oxygen atoms in total. The SMILES string of the molecule is CCC(COC)NC(C)CN. The Balaban J connectivity index is 3.49. The molecule has 0 fully saturated rings. The van der Waals surface area contributed by atoms with Crippen LogP contribution in [0.4, 0.5) is 0 Å². The van der Waals surface area contributed by atoms with Crippen LogP contribution in [0, 0.1) is 0 Å². The first-order chi connectivity index (χ1) is 5.24. The van der Waals surface area contributed by atoms with Crippen molar-refractivity contribution in [2.75, 3.05) is 20.3 Å². The van der Waals surface area contributed by atoms with Crippen molar-refractivity contribution in [2.24, 2.45) is 5.73 Å². The fourth-order valence-electron chi connectivity index (χ4n) is 0.955. The lowest BCUT2D eigenvalue weighted by atomic mass is 10.2. The smallest absolute Gasteiger partial charge is 0.0615 e. The van der Waals surface area contributed by atoms with Crippen LogP contribution in [0.15, 0.2) is 0 Å². The predicted octanol–water partition coefficient (Wildman–Crippen LogP) is 0.348. The summed E-state index contributed by atoms with van der Waals surface area (Å²) in [5, 5.41) is 3.37. The Bertz CT molecular complexity index is 88.2. The molecule has 0 radical (unpaired) electrons. The summed E-state index contributed by atoms with van der Waals surface area (Å²) in [5.74, 6) is 0. The van der Waals surface area contributed by atoms with Crippen LogP contribution in [0.1, 0.15) is 20.3 Å². The van der Waals surface area contributed by atoms with Crippen LogP contribution in [0.2, 0.25) is 0 Å². The van der Waals surface area contributed by atoms with E-state index in [0.717, 1.165) is 13.0 Å². The summed E-state index contributed by atoms with van der Waals surface area (Å²) >= 11 is 0. The molecule has 3 N–H and O–H groups in total. The van der Waals surface area contributed by atoms with E-state index in [9.17, 15) is 0 Å². The molecule has 2 unspecified atom stereocenters. The van der Waals surface area contributed by atoms with Gasteiger partial charge in [0.25, 0.3) is 0 Å². The maximum absolute atomic E-state index is 5.47. The molecule has 0 aliphatic carbocycles. The van der Waals surface area contributed by atoms with E-state index in [1.807, 2.05) is 0 Å². The van der Waals surface area contributed by atoms with Crippen molar-refractivity contribution in [3.63, 3.8) is 0 Å². The van der Waals surface area contributed by atoms with Crippen molar-refractivity contribution in [1.82, 2.24) is 5.32 Å². The lowest BCUT2D eigenvalue weighted by Gasteiger charge is -2.20. The second-order valence-corrected chi connectivity index (χ2v) is 2.86. The summed E-state index contributed by atoms with van der Waals surface area (Å²) in [7, 11) is 1.72. The molecular formula is C8H20N2O. The molecular weight excluding hydrogens is 140 g/mol. The van der Waals surface area contributed by atoms with Crippen LogP contribution in [0.5, 0.6) is 0 Å². The topological polar surface area (TPSA) is 47.3 Å². The van der Waals surface area contributed by atoms with Gasteiger partial charge in [0, 0.05) is 25.7 Å². The summed E-state index contributed by atoms with van der Waals surface area (Å²) in [6, 6.07) is 0.827. The van der Waals surface area contributed by atoms with E-state index < -0.39 is 0 Å². The van der Waals surface area contributed by atoms with E-state index in [1.165, 1.54) is 0 Å². The van der Waals surface area contributed by atoms with Gasteiger partial charge in [0.2, 0.25) is 0 Å². The van der Waals surface area contributed by atoms with Gasteiger partial charge in [0.05, 0.1) is 6.61 Å². The number of hydrogen-bond acceptors (Lipinski definition) is 3. The van der Waals surface area contributed by atoms with E-state index >= 15 is 0 Å². The normalized spacial score (nSPS) is 16.4. The molecule has 0 aromatic heterocycles. The van der Waals surface area contributed by atoms with Crippen LogP contribution in [-0.4, -0.2) is 32.3 Å². The van der Waals surface area contributed by atoms with Crippen LogP contribution in [0.3, 0.4) is 0 Å². The summed E-state index contributed by atoms with van der Waals surface area (Å²) in [5.41, 5.74) is 5.47. The first-order valence-electron chi connectivity index (χ1n) is 4.19. The Hall–Kier alpha value is -0.120. The fraction of sp³-hybridized carbons (Fsp3) is 1.00. The van der Waals surface area contributed by atoms with Gasteiger partial charge in [0.15, 0.2) is 0 Å². The summed E-state index contributed by atoms with van der Waals surface area (Å²) < 4.78 is 5.04. The van der Waals surface area contributed by atoms with E-state index in [0.29, 0.717) is 18.6 Å². The van der Waals surface area contributed by atoms with Crippen molar-refractivity contribution in [1.29, 1.82) is 0 Å². The van der Waals surface area contributed by atoms with E-state index in [-0.39, 0.29) is 0 Å². The quantitative estimate of drug-likeness (QED) is 0.589. The molecule has 0 aromatic rings. The van der Waals surface area contributed by atoms with Gasteiger partial charge in [-0.15, -0.1) is 0 Å². The zero-order valence-electron chi connectivity index (χ0n) is 7.76. The molecule has 11 heavy (non-hydrogen) atoms. The molecule has 3 heteroatoms. The molecule has 0 amide bonds. The van der Waals surface area contributed by atoms with Gasteiger partial charge in [-0.1, -0.05) is 6.92 Å². The van der Waals surface area contributed by atoms with Gasteiger partial charge < -0.3 is 15.8 Å². The number of hydrogen-bond donors (Lipinski definition) is 2. The third kappa shape index (κ3) is 5.18. The largest absolute Gasteiger partial charge is 0.383 e. The van der Waals surface area contributed by atoms with Gasteiger partial charge in [-0.25, -0.2) is 0 Å². The highest BCUT2D eigenvalue weighted by molar-refractivity contribution is 4.69. The molecule has 0 rings (SSSR count). The lowest BCUT2D eigenvalue weighted by Crippen LogP contribution is -2.42. The van der Waals surface area contributed by atoms with Gasteiger partial charge in [-0.2, -0.15) is 0 Å². The molecule has 0 spiro atoms. The van der Waals surface area contributed by atoms with Crippen molar-refractivity contribution in [3.8, 4) is 0 Å². The summed E-state index contributed by atoms with van der Waals surface area (Å²) in [6.07, 6.45) is 1.08. The third-order valence-corrected chi connectivity index (χ3v) is 1.73. The first-order valence-corrected chi connectivity index (χ1v) is 4.19. The van der Waals surface area contributed by atoms with Crippen LogP contribution in [-0.2, 0) is 4.74 Å². The minimum atomic E-state index is 0.384. The Morgan fingerprint density at radius 2 is 2.18 bits per heavy atom. The number of nitrogens with one attached hydrogen (secondary N) is 1. The zero-order valence-corrected chi connectivity index (χ0v) is 7.76.